The molecule has 1 aromatic rings. The summed E-state index contributed by atoms with van der Waals surface area (Å²) in [5.41, 5.74) is 1.87. The Bertz CT molecular complexity index is 418. The quantitative estimate of drug-likeness (QED) is 0.846. The highest BCUT2D eigenvalue weighted by Crippen LogP contribution is 2.31. The molecule has 84 valence electrons. The molecule has 0 amide bonds. The third-order valence-corrected chi connectivity index (χ3v) is 3.88. The summed E-state index contributed by atoms with van der Waals surface area (Å²) in [6, 6.07) is 7.92. The predicted octanol–water partition coefficient (Wildman–Crippen LogP) is 3.56. The van der Waals surface area contributed by atoms with Gasteiger partial charge in [0.1, 0.15) is 0 Å². The summed E-state index contributed by atoms with van der Waals surface area (Å²) < 4.78 is 1.01. The van der Waals surface area contributed by atoms with Crippen LogP contribution in [0.4, 0.5) is 5.69 Å². The molecule has 1 aliphatic carbocycles. The molecule has 0 bridgehead atoms. The molecule has 0 radical (unpaired) electrons. The Labute approximate surface area is 105 Å². The summed E-state index contributed by atoms with van der Waals surface area (Å²) in [6.07, 6.45) is 4.10. The number of anilines is 1. The van der Waals surface area contributed by atoms with E-state index in [9.17, 15) is 0 Å². The van der Waals surface area contributed by atoms with Crippen LogP contribution in [0.25, 0.3) is 0 Å². The van der Waals surface area contributed by atoms with Crippen LogP contribution >= 0.6 is 15.9 Å². The van der Waals surface area contributed by atoms with Gasteiger partial charge in [-0.3, -0.25) is 0 Å². The molecule has 16 heavy (non-hydrogen) atoms. The molecule has 0 atom stereocenters. The second-order valence-corrected chi connectivity index (χ2v) is 5.31. The second-order valence-electron chi connectivity index (χ2n) is 4.46. The third-order valence-electron chi connectivity index (χ3n) is 3.24. The first kappa shape index (κ1) is 11.5. The average molecular weight is 279 g/mol. The van der Waals surface area contributed by atoms with Gasteiger partial charge in [-0.25, -0.2) is 0 Å². The summed E-state index contributed by atoms with van der Waals surface area (Å²) in [7, 11) is 2.12. The van der Waals surface area contributed by atoms with Gasteiger partial charge in [-0.05, 0) is 52.9 Å². The highest BCUT2D eigenvalue weighted by Gasteiger charge is 2.19. The van der Waals surface area contributed by atoms with Crippen molar-refractivity contribution in [3.05, 3.63) is 28.2 Å². The summed E-state index contributed by atoms with van der Waals surface area (Å²) in [4.78, 5) is 2.27. The van der Waals surface area contributed by atoms with Crippen LogP contribution in [-0.4, -0.2) is 13.6 Å². The molecular weight excluding hydrogens is 264 g/mol. The topological polar surface area (TPSA) is 27.0 Å². The minimum atomic E-state index is 0.702. The van der Waals surface area contributed by atoms with Crippen molar-refractivity contribution in [1.29, 1.82) is 5.26 Å². The predicted molar refractivity (Wildman–Crippen MR) is 69.5 cm³/mol. The number of nitrogens with zero attached hydrogens (tertiary/aromatic N) is 2. The van der Waals surface area contributed by atoms with Crippen LogP contribution in [0, 0.1) is 17.2 Å². The first-order valence-electron chi connectivity index (χ1n) is 5.61. The van der Waals surface area contributed by atoms with E-state index in [1.54, 1.807) is 0 Å². The Kier molecular flexibility index (Phi) is 3.50. The number of benzene rings is 1. The van der Waals surface area contributed by atoms with Crippen molar-refractivity contribution in [2.75, 3.05) is 18.5 Å². The lowest BCUT2D eigenvalue weighted by molar-refractivity contribution is 0.321. The highest BCUT2D eigenvalue weighted by molar-refractivity contribution is 9.10. The van der Waals surface area contributed by atoms with E-state index in [1.807, 2.05) is 18.2 Å². The Morgan fingerprint density at radius 2 is 2.25 bits per heavy atom. The molecule has 0 heterocycles. The lowest BCUT2D eigenvalue weighted by Crippen LogP contribution is -2.29. The smallest absolute Gasteiger partial charge is 0.0992 e. The van der Waals surface area contributed by atoms with E-state index in [1.165, 1.54) is 24.9 Å². The Hall–Kier alpha value is -1.01. The van der Waals surface area contributed by atoms with Crippen LogP contribution in [0.15, 0.2) is 22.7 Å². The second kappa shape index (κ2) is 4.88. The maximum absolute atomic E-state index is 8.80. The van der Waals surface area contributed by atoms with Gasteiger partial charge in [0.05, 0.1) is 17.3 Å². The number of halogens is 1. The van der Waals surface area contributed by atoms with Crippen LogP contribution in [-0.2, 0) is 0 Å². The van der Waals surface area contributed by atoms with E-state index < -0.39 is 0 Å². The molecule has 0 aliphatic heterocycles. The van der Waals surface area contributed by atoms with E-state index in [2.05, 4.69) is 33.9 Å². The Morgan fingerprint density at radius 3 is 2.75 bits per heavy atom. The van der Waals surface area contributed by atoms with Gasteiger partial charge >= 0.3 is 0 Å². The van der Waals surface area contributed by atoms with E-state index >= 15 is 0 Å². The molecular formula is C13H15BrN2. The van der Waals surface area contributed by atoms with Crippen molar-refractivity contribution in [3.8, 4) is 6.07 Å². The summed E-state index contributed by atoms with van der Waals surface area (Å²) in [5.74, 6) is 0.854. The largest absolute Gasteiger partial charge is 0.373 e. The zero-order valence-electron chi connectivity index (χ0n) is 9.41. The molecule has 0 saturated heterocycles. The summed E-state index contributed by atoms with van der Waals surface area (Å²) in [6.45, 7) is 1.12. The maximum atomic E-state index is 8.80. The van der Waals surface area contributed by atoms with Gasteiger partial charge in [-0.1, -0.05) is 6.42 Å². The zero-order valence-corrected chi connectivity index (χ0v) is 11.0. The molecule has 0 N–H and O–H groups in total. The zero-order chi connectivity index (χ0) is 11.5. The fourth-order valence-corrected chi connectivity index (χ4v) is 2.73. The summed E-state index contributed by atoms with van der Waals surface area (Å²) >= 11 is 3.53. The molecule has 0 spiro atoms. The van der Waals surface area contributed by atoms with Gasteiger partial charge in [0.25, 0.3) is 0 Å². The highest BCUT2D eigenvalue weighted by atomic mass is 79.9. The van der Waals surface area contributed by atoms with Crippen LogP contribution in [0.1, 0.15) is 24.8 Å². The molecule has 1 aromatic carbocycles. The van der Waals surface area contributed by atoms with Crippen LogP contribution in [0.5, 0.6) is 0 Å². The normalized spacial score (nSPS) is 15.3. The molecule has 3 heteroatoms. The van der Waals surface area contributed by atoms with E-state index in [4.69, 9.17) is 5.26 Å². The fourth-order valence-electron chi connectivity index (χ4n) is 2.05. The van der Waals surface area contributed by atoms with Crippen molar-refractivity contribution in [2.45, 2.75) is 19.3 Å². The molecule has 0 unspecified atom stereocenters. The molecule has 2 nitrogen and oxygen atoms in total. The van der Waals surface area contributed by atoms with Gasteiger partial charge in [0, 0.05) is 18.1 Å². The van der Waals surface area contributed by atoms with E-state index in [0.29, 0.717) is 5.56 Å². The monoisotopic (exact) mass is 278 g/mol. The third kappa shape index (κ3) is 2.38. The molecule has 1 fully saturated rings. The van der Waals surface area contributed by atoms with Gasteiger partial charge < -0.3 is 4.90 Å². The van der Waals surface area contributed by atoms with Crippen LogP contribution < -0.4 is 4.90 Å². The minimum Gasteiger partial charge on any atom is -0.373 e. The van der Waals surface area contributed by atoms with Gasteiger partial charge in [0.2, 0.25) is 0 Å². The Balaban J connectivity index is 2.10. The SMILES string of the molecule is CN(CC1CCC1)c1ccc(C#N)cc1Br. The lowest BCUT2D eigenvalue weighted by Gasteiger charge is -2.31. The first-order chi connectivity index (χ1) is 7.70. The molecule has 1 aliphatic rings. The van der Waals surface area contributed by atoms with E-state index in [-0.39, 0.29) is 0 Å². The molecule has 0 aromatic heterocycles. The minimum absolute atomic E-state index is 0.702. The van der Waals surface area contributed by atoms with E-state index in [0.717, 1.165) is 16.9 Å². The number of nitriles is 1. The standard InChI is InChI=1S/C13H15BrN2/c1-16(9-10-3-2-4-10)13-6-5-11(8-15)7-12(13)14/h5-7,10H,2-4,9H2,1H3. The molecule has 1 saturated carbocycles. The van der Waals surface area contributed by atoms with Gasteiger partial charge in [0.15, 0.2) is 0 Å². The average Bonchev–Trinajstić information content (AvgIpc) is 2.23. The summed E-state index contributed by atoms with van der Waals surface area (Å²) in [5, 5.41) is 8.80. The molecule has 2 rings (SSSR count). The fraction of sp³-hybridized carbons (Fsp3) is 0.462. The number of hydrogen-bond acceptors (Lipinski definition) is 2. The Morgan fingerprint density at radius 1 is 1.50 bits per heavy atom. The van der Waals surface area contributed by atoms with Crippen LogP contribution in [0.2, 0.25) is 0 Å². The lowest BCUT2D eigenvalue weighted by atomic mass is 9.85. The van der Waals surface area contributed by atoms with Crippen molar-refractivity contribution < 1.29 is 0 Å². The van der Waals surface area contributed by atoms with Gasteiger partial charge in [-0.2, -0.15) is 5.26 Å². The van der Waals surface area contributed by atoms with Crippen molar-refractivity contribution in [2.24, 2.45) is 5.92 Å². The van der Waals surface area contributed by atoms with Crippen molar-refractivity contribution >= 4 is 21.6 Å². The maximum Gasteiger partial charge on any atom is 0.0992 e. The van der Waals surface area contributed by atoms with Crippen molar-refractivity contribution in [3.63, 3.8) is 0 Å². The number of rotatable bonds is 3. The number of hydrogen-bond donors (Lipinski definition) is 0. The van der Waals surface area contributed by atoms with Gasteiger partial charge in [-0.15, -0.1) is 0 Å². The first-order valence-corrected chi connectivity index (χ1v) is 6.41. The van der Waals surface area contributed by atoms with Crippen LogP contribution in [0.3, 0.4) is 0 Å². The van der Waals surface area contributed by atoms with Crippen molar-refractivity contribution in [1.82, 2.24) is 0 Å².